The number of aliphatic hydroxyl groups is 1. The number of aliphatic hydroxyl groups excluding tert-OH is 1. The third-order valence-corrected chi connectivity index (χ3v) is 4.08. The molecule has 2 rings (SSSR count). The molecule has 4 unspecified atom stereocenters. The Morgan fingerprint density at radius 2 is 1.76 bits per heavy atom. The van der Waals surface area contributed by atoms with E-state index in [1.54, 1.807) is 12.2 Å². The lowest BCUT2D eigenvalue weighted by Crippen LogP contribution is -2.47. The number of amides is 1. The maximum absolute atomic E-state index is 12.5. The fourth-order valence-electron chi connectivity index (χ4n) is 3.31. The minimum atomic E-state index is -4.59. The number of carboxylic acid groups (broad SMARTS) is 1. The SMILES string of the molecule is O=C(O)C1C2C=CC(C2)C1C(=O)N(CCO)CC(F)(F)F. The molecule has 2 aliphatic rings. The number of rotatable bonds is 5. The molecular formula is C13H16F3NO4. The van der Waals surface area contributed by atoms with Gasteiger partial charge in [0, 0.05) is 6.54 Å². The third kappa shape index (κ3) is 3.20. The number of nitrogens with zero attached hydrogens (tertiary/aromatic N) is 1. The van der Waals surface area contributed by atoms with Gasteiger partial charge in [0.25, 0.3) is 0 Å². The standard InChI is InChI=1S/C13H16F3NO4/c14-13(15,16)6-17(3-4-18)11(19)9-7-1-2-8(5-7)10(9)12(20)21/h1-2,7-10,18H,3-6H2,(H,20,21). The predicted octanol–water partition coefficient (Wildman–Crippen LogP) is 0.893. The zero-order valence-corrected chi connectivity index (χ0v) is 11.1. The molecule has 0 heterocycles. The van der Waals surface area contributed by atoms with E-state index in [0.29, 0.717) is 11.3 Å². The van der Waals surface area contributed by atoms with E-state index in [0.717, 1.165) is 0 Å². The van der Waals surface area contributed by atoms with Crippen molar-refractivity contribution >= 4 is 11.9 Å². The number of halogens is 3. The first-order valence-corrected chi connectivity index (χ1v) is 6.62. The van der Waals surface area contributed by atoms with E-state index in [1.165, 1.54) is 0 Å². The molecule has 1 saturated carbocycles. The van der Waals surface area contributed by atoms with Crippen molar-refractivity contribution in [2.24, 2.45) is 23.7 Å². The van der Waals surface area contributed by atoms with Crippen LogP contribution in [0.15, 0.2) is 12.2 Å². The van der Waals surface area contributed by atoms with Gasteiger partial charge in [0.15, 0.2) is 0 Å². The molecule has 0 spiro atoms. The summed E-state index contributed by atoms with van der Waals surface area (Å²) < 4.78 is 37.5. The van der Waals surface area contributed by atoms with E-state index in [4.69, 9.17) is 5.11 Å². The number of hydrogen-bond donors (Lipinski definition) is 2. The maximum atomic E-state index is 12.5. The van der Waals surface area contributed by atoms with E-state index < -0.39 is 49.6 Å². The van der Waals surface area contributed by atoms with Gasteiger partial charge in [-0.15, -0.1) is 0 Å². The van der Waals surface area contributed by atoms with Crippen LogP contribution < -0.4 is 0 Å². The summed E-state index contributed by atoms with van der Waals surface area (Å²) >= 11 is 0. The zero-order valence-electron chi connectivity index (χ0n) is 11.1. The fraction of sp³-hybridized carbons (Fsp3) is 0.692. The van der Waals surface area contributed by atoms with Gasteiger partial charge in [-0.3, -0.25) is 9.59 Å². The lowest BCUT2D eigenvalue weighted by molar-refractivity contribution is -0.167. The van der Waals surface area contributed by atoms with Crippen molar-refractivity contribution < 1.29 is 33.0 Å². The molecule has 2 aliphatic carbocycles. The summed E-state index contributed by atoms with van der Waals surface area (Å²) in [6.45, 7) is -2.53. The molecule has 8 heteroatoms. The maximum Gasteiger partial charge on any atom is 0.406 e. The Hall–Kier alpha value is -1.57. The van der Waals surface area contributed by atoms with Crippen LogP contribution in [0, 0.1) is 23.7 Å². The van der Waals surface area contributed by atoms with E-state index in [9.17, 15) is 27.9 Å². The van der Waals surface area contributed by atoms with Crippen molar-refractivity contribution in [3.63, 3.8) is 0 Å². The molecule has 21 heavy (non-hydrogen) atoms. The summed E-state index contributed by atoms with van der Waals surface area (Å²) in [4.78, 5) is 24.1. The largest absolute Gasteiger partial charge is 0.481 e. The molecule has 1 amide bonds. The Morgan fingerprint density at radius 3 is 2.24 bits per heavy atom. The molecule has 0 aliphatic heterocycles. The van der Waals surface area contributed by atoms with Crippen LogP contribution in [0.4, 0.5) is 13.2 Å². The summed E-state index contributed by atoms with van der Waals surface area (Å²) in [5.41, 5.74) is 0. The monoisotopic (exact) mass is 307 g/mol. The van der Waals surface area contributed by atoms with Crippen molar-refractivity contribution in [3.05, 3.63) is 12.2 Å². The number of hydrogen-bond acceptors (Lipinski definition) is 3. The van der Waals surface area contributed by atoms with Crippen molar-refractivity contribution in [1.82, 2.24) is 4.90 Å². The highest BCUT2D eigenvalue weighted by atomic mass is 19.4. The molecule has 2 N–H and O–H groups in total. The summed E-state index contributed by atoms with van der Waals surface area (Å²) in [6, 6.07) is 0. The molecule has 4 atom stereocenters. The van der Waals surface area contributed by atoms with Crippen LogP contribution >= 0.6 is 0 Å². The average Bonchev–Trinajstić information content (AvgIpc) is 2.95. The third-order valence-electron chi connectivity index (χ3n) is 4.08. The van der Waals surface area contributed by atoms with Crippen LogP contribution in [0.1, 0.15) is 6.42 Å². The Kier molecular flexibility index (Phi) is 4.27. The van der Waals surface area contributed by atoms with Crippen LogP contribution in [-0.2, 0) is 9.59 Å². The normalized spacial score (nSPS) is 30.7. The first-order chi connectivity index (χ1) is 9.74. The van der Waals surface area contributed by atoms with Gasteiger partial charge in [-0.05, 0) is 18.3 Å². The average molecular weight is 307 g/mol. The molecule has 0 aromatic rings. The van der Waals surface area contributed by atoms with E-state index in [2.05, 4.69) is 0 Å². The van der Waals surface area contributed by atoms with Gasteiger partial charge < -0.3 is 15.1 Å². The lowest BCUT2D eigenvalue weighted by atomic mass is 9.82. The smallest absolute Gasteiger partial charge is 0.406 e. The number of carbonyl (C=O) groups is 2. The summed E-state index contributed by atoms with van der Waals surface area (Å²) in [6.07, 6.45) is -0.686. The zero-order chi connectivity index (χ0) is 15.8. The minimum absolute atomic E-state index is 0.302. The van der Waals surface area contributed by atoms with E-state index >= 15 is 0 Å². The van der Waals surface area contributed by atoms with Gasteiger partial charge in [-0.2, -0.15) is 13.2 Å². The highest BCUT2D eigenvalue weighted by Crippen LogP contribution is 2.48. The topological polar surface area (TPSA) is 77.8 Å². The molecular weight excluding hydrogens is 291 g/mol. The minimum Gasteiger partial charge on any atom is -0.481 e. The van der Waals surface area contributed by atoms with Crippen molar-refractivity contribution in [2.45, 2.75) is 12.6 Å². The molecule has 0 saturated heterocycles. The van der Waals surface area contributed by atoms with Crippen LogP contribution in [0.2, 0.25) is 0 Å². The molecule has 0 aromatic carbocycles. The molecule has 118 valence electrons. The molecule has 5 nitrogen and oxygen atoms in total. The van der Waals surface area contributed by atoms with Crippen molar-refractivity contribution in [1.29, 1.82) is 0 Å². The van der Waals surface area contributed by atoms with Gasteiger partial charge in [0.05, 0.1) is 18.4 Å². The Balaban J connectivity index is 2.19. The first-order valence-electron chi connectivity index (χ1n) is 6.62. The Bertz CT molecular complexity index is 463. The summed E-state index contributed by atoms with van der Waals surface area (Å²) in [7, 11) is 0. The van der Waals surface area contributed by atoms with Crippen LogP contribution in [0.3, 0.4) is 0 Å². The second-order valence-corrected chi connectivity index (χ2v) is 5.44. The van der Waals surface area contributed by atoms with Gasteiger partial charge in [-0.1, -0.05) is 12.2 Å². The summed E-state index contributed by atoms with van der Waals surface area (Å²) in [5, 5.41) is 18.1. The van der Waals surface area contributed by atoms with Gasteiger partial charge in [0.1, 0.15) is 6.54 Å². The molecule has 1 fully saturated rings. The lowest BCUT2D eigenvalue weighted by Gasteiger charge is -2.31. The predicted molar refractivity (Wildman–Crippen MR) is 65.1 cm³/mol. The number of aliphatic carboxylic acids is 1. The number of carboxylic acids is 1. The first kappa shape index (κ1) is 15.8. The van der Waals surface area contributed by atoms with Crippen LogP contribution in [-0.4, -0.2) is 52.9 Å². The number of alkyl halides is 3. The second-order valence-electron chi connectivity index (χ2n) is 5.44. The van der Waals surface area contributed by atoms with E-state index in [-0.39, 0.29) is 11.8 Å². The molecule has 0 aromatic heterocycles. The highest BCUT2D eigenvalue weighted by molar-refractivity contribution is 5.87. The van der Waals surface area contributed by atoms with Gasteiger partial charge >= 0.3 is 12.1 Å². The van der Waals surface area contributed by atoms with Crippen molar-refractivity contribution in [3.8, 4) is 0 Å². The molecule has 0 radical (unpaired) electrons. The van der Waals surface area contributed by atoms with Gasteiger partial charge in [0.2, 0.25) is 5.91 Å². The molecule has 2 bridgehead atoms. The van der Waals surface area contributed by atoms with Crippen molar-refractivity contribution in [2.75, 3.05) is 19.7 Å². The Morgan fingerprint density at radius 1 is 1.19 bits per heavy atom. The van der Waals surface area contributed by atoms with Gasteiger partial charge in [-0.25, -0.2) is 0 Å². The highest BCUT2D eigenvalue weighted by Gasteiger charge is 2.53. The van der Waals surface area contributed by atoms with E-state index in [1.807, 2.05) is 0 Å². The quantitative estimate of drug-likeness (QED) is 0.740. The number of fused-ring (bicyclic) bond motifs is 2. The van der Waals surface area contributed by atoms with Crippen LogP contribution in [0.25, 0.3) is 0 Å². The summed E-state index contributed by atoms with van der Waals surface area (Å²) in [5.74, 6) is -4.61. The fourth-order valence-corrected chi connectivity index (χ4v) is 3.31. The Labute approximate surface area is 119 Å². The van der Waals surface area contributed by atoms with Crippen LogP contribution in [0.5, 0.6) is 0 Å². The number of allylic oxidation sites excluding steroid dienone is 2. The second kappa shape index (κ2) is 5.67. The number of carbonyl (C=O) groups excluding carboxylic acids is 1.